The van der Waals surface area contributed by atoms with E-state index in [1.807, 2.05) is 0 Å². The first-order valence-electron chi connectivity index (χ1n) is 7.94. The highest BCUT2D eigenvalue weighted by Gasteiger charge is 2.45. The topological polar surface area (TPSA) is 131 Å². The normalized spacial score (nSPS) is 25.7. The van der Waals surface area contributed by atoms with Crippen LogP contribution >= 0.6 is 0 Å². The molecular formula is C16H20N4O5. The van der Waals surface area contributed by atoms with E-state index >= 15 is 0 Å². The molecule has 2 atom stereocenters. The van der Waals surface area contributed by atoms with E-state index in [0.717, 1.165) is 0 Å². The maximum atomic E-state index is 12.2. The summed E-state index contributed by atoms with van der Waals surface area (Å²) in [5.41, 5.74) is -0.438. The lowest BCUT2D eigenvalue weighted by molar-refractivity contribution is 0.0438. The molecule has 2 aromatic rings. The monoisotopic (exact) mass is 348 g/mol. The van der Waals surface area contributed by atoms with Crippen molar-refractivity contribution in [2.75, 3.05) is 13.2 Å². The Morgan fingerprint density at radius 3 is 2.76 bits per heavy atom. The van der Waals surface area contributed by atoms with Crippen molar-refractivity contribution in [1.29, 1.82) is 0 Å². The predicted octanol–water partition coefficient (Wildman–Crippen LogP) is 0.0838. The SMILES string of the molecule is Cc1cc(C(=O)NCC2(COc3cnccn3)CC(O)C(O)C2)no1. The number of carbonyl (C=O) groups excluding carboxylic acids is 1. The second-order valence-electron chi connectivity index (χ2n) is 6.38. The molecule has 0 aliphatic heterocycles. The highest BCUT2D eigenvalue weighted by molar-refractivity contribution is 5.92. The third kappa shape index (κ3) is 4.12. The molecule has 134 valence electrons. The molecule has 0 aromatic carbocycles. The summed E-state index contributed by atoms with van der Waals surface area (Å²) in [6, 6.07) is 1.54. The zero-order chi connectivity index (χ0) is 17.9. The lowest BCUT2D eigenvalue weighted by atomic mass is 9.86. The molecule has 1 aliphatic carbocycles. The molecule has 0 bridgehead atoms. The molecule has 1 aliphatic rings. The molecule has 9 heteroatoms. The van der Waals surface area contributed by atoms with Gasteiger partial charge in [0.15, 0.2) is 5.69 Å². The summed E-state index contributed by atoms with van der Waals surface area (Å²) in [6.07, 6.45) is 3.39. The van der Waals surface area contributed by atoms with Crippen molar-refractivity contribution in [3.8, 4) is 5.88 Å². The molecule has 25 heavy (non-hydrogen) atoms. The molecule has 2 unspecified atom stereocenters. The maximum absolute atomic E-state index is 12.2. The number of aromatic nitrogens is 3. The van der Waals surface area contributed by atoms with Crippen LogP contribution in [0.25, 0.3) is 0 Å². The Balaban J connectivity index is 1.66. The summed E-state index contributed by atoms with van der Waals surface area (Å²) in [5.74, 6) is 0.500. The highest BCUT2D eigenvalue weighted by Crippen LogP contribution is 2.38. The number of nitrogens with one attached hydrogen (secondary N) is 1. The molecule has 0 radical (unpaired) electrons. The van der Waals surface area contributed by atoms with E-state index in [0.29, 0.717) is 24.5 Å². The number of aliphatic hydroxyl groups excluding tert-OH is 2. The van der Waals surface area contributed by atoms with Crippen molar-refractivity contribution in [2.45, 2.75) is 32.0 Å². The summed E-state index contributed by atoms with van der Waals surface area (Å²) < 4.78 is 10.5. The van der Waals surface area contributed by atoms with Gasteiger partial charge >= 0.3 is 0 Å². The van der Waals surface area contributed by atoms with E-state index in [1.165, 1.54) is 24.7 Å². The van der Waals surface area contributed by atoms with E-state index in [2.05, 4.69) is 20.4 Å². The van der Waals surface area contributed by atoms with Crippen LogP contribution in [-0.2, 0) is 0 Å². The first-order valence-corrected chi connectivity index (χ1v) is 7.94. The minimum Gasteiger partial charge on any atom is -0.476 e. The van der Waals surface area contributed by atoms with Gasteiger partial charge in [-0.05, 0) is 19.8 Å². The Morgan fingerprint density at radius 1 is 1.40 bits per heavy atom. The molecule has 1 amide bonds. The van der Waals surface area contributed by atoms with Gasteiger partial charge in [-0.25, -0.2) is 4.98 Å². The number of aryl methyl sites for hydroxylation is 1. The number of rotatable bonds is 6. The Kier molecular flexibility index (Phi) is 4.95. The second kappa shape index (κ2) is 7.16. The summed E-state index contributed by atoms with van der Waals surface area (Å²) in [4.78, 5) is 20.1. The van der Waals surface area contributed by atoms with E-state index in [1.54, 1.807) is 6.92 Å². The van der Waals surface area contributed by atoms with E-state index in [9.17, 15) is 15.0 Å². The third-order valence-corrected chi connectivity index (χ3v) is 4.28. The molecule has 1 fully saturated rings. The van der Waals surface area contributed by atoms with Crippen LogP contribution in [0.4, 0.5) is 0 Å². The fraction of sp³-hybridized carbons (Fsp3) is 0.500. The number of carbonyl (C=O) groups is 1. The molecule has 3 N–H and O–H groups in total. The van der Waals surface area contributed by atoms with Crippen LogP contribution < -0.4 is 10.1 Å². The van der Waals surface area contributed by atoms with E-state index in [-0.39, 0.29) is 24.8 Å². The fourth-order valence-corrected chi connectivity index (χ4v) is 2.97. The van der Waals surface area contributed by atoms with Crippen molar-refractivity contribution in [3.63, 3.8) is 0 Å². The van der Waals surface area contributed by atoms with Crippen molar-refractivity contribution in [1.82, 2.24) is 20.4 Å². The Morgan fingerprint density at radius 2 is 2.16 bits per heavy atom. The quantitative estimate of drug-likeness (QED) is 0.669. The lowest BCUT2D eigenvalue weighted by Crippen LogP contribution is -2.40. The molecule has 3 rings (SSSR count). The van der Waals surface area contributed by atoms with Gasteiger partial charge in [0.25, 0.3) is 5.91 Å². The minimum atomic E-state index is -0.864. The Hall–Kier alpha value is -2.52. The number of nitrogens with zero attached hydrogens (tertiary/aromatic N) is 3. The standard InChI is InChI=1S/C16H20N4O5/c1-10-4-11(20-25-10)15(23)19-8-16(5-12(21)13(22)6-16)9-24-14-7-17-2-3-18-14/h2-4,7,12-13,21-22H,5-6,8-9H2,1H3,(H,19,23). The molecule has 9 nitrogen and oxygen atoms in total. The van der Waals surface area contributed by atoms with E-state index < -0.39 is 17.6 Å². The van der Waals surface area contributed by atoms with Crippen LogP contribution in [0.2, 0.25) is 0 Å². The van der Waals surface area contributed by atoms with Crippen LogP contribution in [0.3, 0.4) is 0 Å². The number of hydrogen-bond acceptors (Lipinski definition) is 8. The van der Waals surface area contributed by atoms with Gasteiger partial charge in [0.1, 0.15) is 5.76 Å². The second-order valence-corrected chi connectivity index (χ2v) is 6.38. The predicted molar refractivity (Wildman–Crippen MR) is 84.8 cm³/mol. The zero-order valence-electron chi connectivity index (χ0n) is 13.8. The van der Waals surface area contributed by atoms with Crippen molar-refractivity contribution >= 4 is 5.91 Å². The average molecular weight is 348 g/mol. The zero-order valence-corrected chi connectivity index (χ0v) is 13.8. The number of aliphatic hydroxyl groups is 2. The van der Waals surface area contributed by atoms with Crippen molar-refractivity contribution in [3.05, 3.63) is 36.1 Å². The molecular weight excluding hydrogens is 328 g/mol. The van der Waals surface area contributed by atoms with Crippen LogP contribution in [0.5, 0.6) is 5.88 Å². The minimum absolute atomic E-state index is 0.179. The summed E-state index contributed by atoms with van der Waals surface area (Å²) >= 11 is 0. The Labute approximate surface area is 144 Å². The first-order chi connectivity index (χ1) is 12.0. The van der Waals surface area contributed by atoms with Crippen LogP contribution in [0, 0.1) is 12.3 Å². The maximum Gasteiger partial charge on any atom is 0.273 e. The number of ether oxygens (including phenoxy) is 1. The van der Waals surface area contributed by atoms with Crippen molar-refractivity contribution in [2.24, 2.45) is 5.41 Å². The number of amides is 1. The summed E-state index contributed by atoms with van der Waals surface area (Å²) in [6.45, 7) is 2.09. The average Bonchev–Trinajstić information content (AvgIpc) is 3.16. The third-order valence-electron chi connectivity index (χ3n) is 4.28. The van der Waals surface area contributed by atoms with Gasteiger partial charge in [0.05, 0.1) is 25.0 Å². The van der Waals surface area contributed by atoms with Crippen LogP contribution in [0.1, 0.15) is 29.1 Å². The number of hydrogen-bond donors (Lipinski definition) is 3. The lowest BCUT2D eigenvalue weighted by Gasteiger charge is -2.28. The van der Waals surface area contributed by atoms with Gasteiger partial charge in [0, 0.05) is 30.4 Å². The van der Waals surface area contributed by atoms with Crippen LogP contribution in [0.15, 0.2) is 29.2 Å². The highest BCUT2D eigenvalue weighted by atomic mass is 16.5. The van der Waals surface area contributed by atoms with Gasteiger partial charge in [0.2, 0.25) is 5.88 Å². The van der Waals surface area contributed by atoms with Gasteiger partial charge in [-0.2, -0.15) is 0 Å². The molecule has 0 spiro atoms. The first kappa shape index (κ1) is 17.3. The Bertz CT molecular complexity index is 710. The molecule has 1 saturated carbocycles. The molecule has 2 aromatic heterocycles. The smallest absolute Gasteiger partial charge is 0.273 e. The van der Waals surface area contributed by atoms with Crippen LogP contribution in [-0.4, -0.2) is 56.6 Å². The summed E-state index contributed by atoms with van der Waals surface area (Å²) in [7, 11) is 0. The molecule has 2 heterocycles. The van der Waals surface area contributed by atoms with Gasteiger partial charge in [-0.15, -0.1) is 0 Å². The van der Waals surface area contributed by atoms with Gasteiger partial charge in [-0.3, -0.25) is 9.78 Å². The van der Waals surface area contributed by atoms with Gasteiger partial charge in [-0.1, -0.05) is 5.16 Å². The van der Waals surface area contributed by atoms with Gasteiger partial charge < -0.3 is 24.8 Å². The summed E-state index contributed by atoms with van der Waals surface area (Å²) in [5, 5.41) is 26.3. The molecule has 0 saturated heterocycles. The largest absolute Gasteiger partial charge is 0.476 e. The van der Waals surface area contributed by atoms with E-state index in [4.69, 9.17) is 9.26 Å². The fourth-order valence-electron chi connectivity index (χ4n) is 2.97. The van der Waals surface area contributed by atoms with Crippen molar-refractivity contribution < 1.29 is 24.3 Å².